The summed E-state index contributed by atoms with van der Waals surface area (Å²) in [6.45, 7) is 10.7. The van der Waals surface area contributed by atoms with Crippen molar-refractivity contribution < 1.29 is 19.4 Å². The first kappa shape index (κ1) is 22.0. The van der Waals surface area contributed by atoms with Gasteiger partial charge >= 0.3 is 0 Å². The van der Waals surface area contributed by atoms with Crippen molar-refractivity contribution in [3.8, 4) is 0 Å². The molecule has 4 N–H and O–H groups in total. The molecule has 0 saturated carbocycles. The summed E-state index contributed by atoms with van der Waals surface area (Å²) in [5, 5.41) is 6.07. The Balaban J connectivity index is 1.41. The average molecular weight is 411 g/mol. The van der Waals surface area contributed by atoms with Crippen LogP contribution < -0.4 is 20.4 Å². The molecule has 2 aromatic rings. The fourth-order valence-corrected chi connectivity index (χ4v) is 3.93. The van der Waals surface area contributed by atoms with Gasteiger partial charge in [-0.15, -0.1) is 0 Å². The molecule has 6 nitrogen and oxygen atoms in total. The molecule has 0 atom stereocenters. The molecule has 2 amide bonds. The van der Waals surface area contributed by atoms with E-state index in [2.05, 4.69) is 31.4 Å². The number of carbonyl (C=O) groups is 2. The van der Waals surface area contributed by atoms with Crippen molar-refractivity contribution in [2.75, 3.05) is 49.9 Å². The molecule has 1 aliphatic heterocycles. The summed E-state index contributed by atoms with van der Waals surface area (Å²) in [4.78, 5) is 27.4. The second kappa shape index (κ2) is 10.4. The van der Waals surface area contributed by atoms with Gasteiger partial charge in [-0.2, -0.15) is 0 Å². The summed E-state index contributed by atoms with van der Waals surface area (Å²) in [7, 11) is 0. The van der Waals surface area contributed by atoms with Crippen LogP contribution in [0.2, 0.25) is 0 Å². The number of hydrogen-bond donors (Lipinski definition) is 4. The van der Waals surface area contributed by atoms with Gasteiger partial charge in [0.05, 0.1) is 0 Å². The second-order valence-electron chi connectivity index (χ2n) is 8.26. The molecule has 6 heteroatoms. The third kappa shape index (κ3) is 6.15. The Hall–Kier alpha value is -2.70. The molecule has 1 heterocycles. The molecular weight excluding hydrogens is 376 g/mol. The molecule has 30 heavy (non-hydrogen) atoms. The van der Waals surface area contributed by atoms with Crippen LogP contribution in [-0.2, 0) is 16.0 Å². The molecule has 3 rings (SSSR count). The Bertz CT molecular complexity index is 889. The van der Waals surface area contributed by atoms with Crippen LogP contribution in [0.15, 0.2) is 42.5 Å². The Kier molecular flexibility index (Phi) is 7.60. The smallest absolute Gasteiger partial charge is 0.279 e. The fraction of sp³-hybridized carbons (Fsp3) is 0.417. The van der Waals surface area contributed by atoms with Crippen molar-refractivity contribution in [2.45, 2.75) is 27.2 Å². The van der Waals surface area contributed by atoms with E-state index in [-0.39, 0.29) is 11.8 Å². The number of para-hydroxylation sites is 1. The minimum atomic E-state index is 0.0469. The predicted octanol–water partition coefficient (Wildman–Crippen LogP) is 0.226. The lowest BCUT2D eigenvalue weighted by Gasteiger charge is -2.29. The number of hydrogen-bond acceptors (Lipinski definition) is 2. The lowest BCUT2D eigenvalue weighted by Crippen LogP contribution is -3.28. The standard InChI is InChI=1S/C24H32N4O2/c1-4-20-7-5-6-8-22(20)26-24(30)17-28-13-11-27(12-14-28)16-23(29)25-21-10-9-18(2)19(3)15-21/h5-10,15H,4,11-14,16-17H2,1-3H3,(H,25,29)(H,26,30)/p+2. The van der Waals surface area contributed by atoms with Crippen molar-refractivity contribution >= 4 is 23.2 Å². The average Bonchev–Trinajstić information content (AvgIpc) is 2.72. The Morgan fingerprint density at radius 2 is 1.43 bits per heavy atom. The number of piperazine rings is 1. The lowest BCUT2D eigenvalue weighted by atomic mass is 10.1. The van der Waals surface area contributed by atoms with Crippen molar-refractivity contribution in [1.29, 1.82) is 0 Å². The number of aryl methyl sites for hydroxylation is 3. The van der Waals surface area contributed by atoms with Gasteiger partial charge in [0, 0.05) is 11.4 Å². The first-order valence-electron chi connectivity index (χ1n) is 10.9. The number of amides is 2. The van der Waals surface area contributed by atoms with Crippen molar-refractivity contribution in [3.63, 3.8) is 0 Å². The second-order valence-corrected chi connectivity index (χ2v) is 8.26. The molecule has 2 aromatic carbocycles. The minimum absolute atomic E-state index is 0.0469. The molecule has 0 unspecified atom stereocenters. The van der Waals surface area contributed by atoms with E-state index in [1.807, 2.05) is 42.5 Å². The van der Waals surface area contributed by atoms with Gasteiger partial charge in [-0.05, 0) is 55.2 Å². The largest absolute Gasteiger partial charge is 0.321 e. The first-order chi connectivity index (χ1) is 14.4. The Morgan fingerprint density at radius 3 is 2.03 bits per heavy atom. The van der Waals surface area contributed by atoms with Crippen LogP contribution in [0.5, 0.6) is 0 Å². The minimum Gasteiger partial charge on any atom is -0.321 e. The van der Waals surface area contributed by atoms with E-state index in [4.69, 9.17) is 0 Å². The highest BCUT2D eigenvalue weighted by atomic mass is 16.2. The van der Waals surface area contributed by atoms with Crippen molar-refractivity contribution in [3.05, 3.63) is 59.2 Å². The van der Waals surface area contributed by atoms with Gasteiger partial charge in [0.2, 0.25) is 0 Å². The quantitative estimate of drug-likeness (QED) is 0.528. The molecule has 0 spiro atoms. The maximum Gasteiger partial charge on any atom is 0.279 e. The number of benzene rings is 2. The van der Waals surface area contributed by atoms with E-state index in [0.29, 0.717) is 13.1 Å². The molecular formula is C24H34N4O2+2. The maximum atomic E-state index is 12.5. The van der Waals surface area contributed by atoms with E-state index >= 15 is 0 Å². The highest BCUT2D eigenvalue weighted by Gasteiger charge is 2.26. The highest BCUT2D eigenvalue weighted by Crippen LogP contribution is 2.15. The van der Waals surface area contributed by atoms with Gasteiger partial charge in [-0.1, -0.05) is 31.2 Å². The number of carbonyl (C=O) groups excluding carboxylic acids is 2. The first-order valence-corrected chi connectivity index (χ1v) is 10.9. The van der Waals surface area contributed by atoms with Gasteiger partial charge in [-0.25, -0.2) is 0 Å². The van der Waals surface area contributed by atoms with Crippen LogP contribution in [-0.4, -0.2) is 51.1 Å². The highest BCUT2D eigenvalue weighted by molar-refractivity contribution is 5.92. The zero-order valence-corrected chi connectivity index (χ0v) is 18.3. The third-order valence-electron chi connectivity index (χ3n) is 5.95. The Morgan fingerprint density at radius 1 is 0.833 bits per heavy atom. The topological polar surface area (TPSA) is 67.1 Å². The van der Waals surface area contributed by atoms with E-state index < -0.39 is 0 Å². The van der Waals surface area contributed by atoms with Crippen LogP contribution in [0, 0.1) is 13.8 Å². The molecule has 1 fully saturated rings. The molecule has 160 valence electrons. The zero-order chi connectivity index (χ0) is 21.5. The fourth-order valence-electron chi connectivity index (χ4n) is 3.93. The van der Waals surface area contributed by atoms with E-state index in [0.717, 1.165) is 49.5 Å². The summed E-state index contributed by atoms with van der Waals surface area (Å²) in [5.41, 5.74) is 5.33. The molecule has 1 saturated heterocycles. The SMILES string of the molecule is CCc1ccccc1NC(=O)C[NH+]1CC[NH+](CC(=O)Nc2ccc(C)c(C)c2)CC1. The normalized spacial score (nSPS) is 18.6. The monoisotopic (exact) mass is 410 g/mol. The summed E-state index contributed by atoms with van der Waals surface area (Å²) < 4.78 is 0. The van der Waals surface area contributed by atoms with Crippen LogP contribution >= 0.6 is 0 Å². The predicted molar refractivity (Wildman–Crippen MR) is 120 cm³/mol. The molecule has 1 aliphatic rings. The van der Waals surface area contributed by atoms with Gasteiger partial charge in [0.15, 0.2) is 13.1 Å². The summed E-state index contributed by atoms with van der Waals surface area (Å²) >= 11 is 0. The molecule has 0 aromatic heterocycles. The van der Waals surface area contributed by atoms with Crippen LogP contribution in [0.25, 0.3) is 0 Å². The van der Waals surface area contributed by atoms with Crippen LogP contribution in [0.4, 0.5) is 11.4 Å². The van der Waals surface area contributed by atoms with Crippen molar-refractivity contribution in [2.24, 2.45) is 0 Å². The zero-order valence-electron chi connectivity index (χ0n) is 18.3. The van der Waals surface area contributed by atoms with Crippen LogP contribution in [0.3, 0.4) is 0 Å². The lowest BCUT2D eigenvalue weighted by molar-refractivity contribution is -1.00. The number of nitrogens with one attached hydrogen (secondary N) is 4. The van der Waals surface area contributed by atoms with Gasteiger partial charge in [-0.3, -0.25) is 9.59 Å². The Labute approximate surface area is 179 Å². The van der Waals surface area contributed by atoms with Gasteiger partial charge in [0.1, 0.15) is 26.2 Å². The van der Waals surface area contributed by atoms with E-state index in [9.17, 15) is 9.59 Å². The molecule has 0 bridgehead atoms. The van der Waals surface area contributed by atoms with Gasteiger partial charge in [0.25, 0.3) is 11.8 Å². The molecule has 0 aliphatic carbocycles. The summed E-state index contributed by atoms with van der Waals surface area (Å²) in [6.07, 6.45) is 0.898. The van der Waals surface area contributed by atoms with E-state index in [1.54, 1.807) is 0 Å². The van der Waals surface area contributed by atoms with Gasteiger partial charge < -0.3 is 20.4 Å². The number of quaternary nitrogens is 2. The summed E-state index contributed by atoms with van der Waals surface area (Å²) in [6, 6.07) is 14.0. The maximum absolute atomic E-state index is 12.5. The number of anilines is 2. The number of rotatable bonds is 7. The van der Waals surface area contributed by atoms with Crippen LogP contribution in [0.1, 0.15) is 23.6 Å². The molecule has 0 radical (unpaired) electrons. The third-order valence-corrected chi connectivity index (χ3v) is 5.95. The van der Waals surface area contributed by atoms with Crippen molar-refractivity contribution in [1.82, 2.24) is 0 Å². The summed E-state index contributed by atoms with van der Waals surface area (Å²) in [5.74, 6) is 0.104. The van der Waals surface area contributed by atoms with E-state index in [1.165, 1.54) is 20.9 Å².